The predicted octanol–water partition coefficient (Wildman–Crippen LogP) is 6.68. The lowest BCUT2D eigenvalue weighted by atomic mass is 9.78. The van der Waals surface area contributed by atoms with E-state index in [0.717, 1.165) is 39.0 Å². The summed E-state index contributed by atoms with van der Waals surface area (Å²) in [5, 5.41) is 12.2. The van der Waals surface area contributed by atoms with Crippen LogP contribution in [-0.4, -0.2) is 10.7 Å². The third-order valence-corrected chi connectivity index (χ3v) is 5.58. The molecule has 1 aliphatic heterocycles. The predicted molar refractivity (Wildman–Crippen MR) is 119 cm³/mol. The van der Waals surface area contributed by atoms with Gasteiger partial charge in [0.1, 0.15) is 17.1 Å². The van der Waals surface area contributed by atoms with Crippen LogP contribution in [0.2, 0.25) is 0 Å². The molecule has 5 rings (SSSR count). The quantitative estimate of drug-likeness (QED) is 0.422. The molecule has 0 radical (unpaired) electrons. The Hall–Kier alpha value is -3.52. The molecule has 0 saturated heterocycles. The Kier molecular flexibility index (Phi) is 3.95. The molecule has 2 heteroatoms. The van der Waals surface area contributed by atoms with E-state index < -0.39 is 5.60 Å². The number of phenols is 1. The first-order valence-corrected chi connectivity index (χ1v) is 9.85. The molecular weight excluding hydrogens is 356 g/mol. The maximum Gasteiger partial charge on any atom is 0.130 e. The highest BCUT2D eigenvalue weighted by Gasteiger charge is 2.37. The Bertz CT molecular complexity index is 1230. The topological polar surface area (TPSA) is 29.5 Å². The van der Waals surface area contributed by atoms with Crippen molar-refractivity contribution in [1.82, 2.24) is 0 Å². The van der Waals surface area contributed by atoms with Crippen molar-refractivity contribution < 1.29 is 9.84 Å². The molecule has 0 unspecified atom stereocenters. The van der Waals surface area contributed by atoms with Crippen LogP contribution in [0.1, 0.15) is 30.5 Å². The Morgan fingerprint density at radius 3 is 2.14 bits per heavy atom. The number of phenolic OH excluding ortho intramolecular Hbond substituents is 1. The minimum Gasteiger partial charge on any atom is -0.508 e. The molecule has 0 atom stereocenters. The number of aromatic hydroxyl groups is 1. The zero-order valence-corrected chi connectivity index (χ0v) is 16.5. The SMILES string of the molecule is CC1(C)Oc2ccc3ccccc3c2C(c2ccc(O)cc2)=C1c1ccccc1. The highest BCUT2D eigenvalue weighted by atomic mass is 16.5. The van der Waals surface area contributed by atoms with Crippen molar-refractivity contribution in [1.29, 1.82) is 0 Å². The van der Waals surface area contributed by atoms with Gasteiger partial charge in [0.25, 0.3) is 0 Å². The third kappa shape index (κ3) is 2.89. The maximum atomic E-state index is 9.87. The standard InChI is InChI=1S/C27H22O2/c1-27(2)26(20-9-4-3-5-10-20)24(19-12-15-21(28)16-13-19)25-22-11-7-6-8-18(22)14-17-23(25)29-27/h3-17,28H,1-2H3. The monoisotopic (exact) mass is 378 g/mol. The van der Waals surface area contributed by atoms with Crippen molar-refractivity contribution >= 4 is 21.9 Å². The second-order valence-electron chi connectivity index (χ2n) is 7.94. The molecule has 0 bridgehead atoms. The van der Waals surface area contributed by atoms with Crippen molar-refractivity contribution in [3.8, 4) is 11.5 Å². The fourth-order valence-corrected chi connectivity index (χ4v) is 4.36. The van der Waals surface area contributed by atoms with E-state index in [9.17, 15) is 5.11 Å². The smallest absolute Gasteiger partial charge is 0.130 e. The number of fused-ring (bicyclic) bond motifs is 3. The average molecular weight is 378 g/mol. The molecule has 0 saturated carbocycles. The van der Waals surface area contributed by atoms with Gasteiger partial charge in [-0.25, -0.2) is 0 Å². The van der Waals surface area contributed by atoms with Gasteiger partial charge in [-0.3, -0.25) is 0 Å². The molecular formula is C27H22O2. The lowest BCUT2D eigenvalue weighted by molar-refractivity contribution is 0.169. The van der Waals surface area contributed by atoms with Gasteiger partial charge in [-0.15, -0.1) is 0 Å². The Balaban J connectivity index is 1.95. The molecule has 1 N–H and O–H groups in total. The lowest BCUT2D eigenvalue weighted by Crippen LogP contribution is -2.34. The lowest BCUT2D eigenvalue weighted by Gasteiger charge is -2.38. The molecule has 1 aliphatic rings. The molecule has 1 heterocycles. The summed E-state index contributed by atoms with van der Waals surface area (Å²) in [5.74, 6) is 1.15. The molecule has 4 aromatic rings. The van der Waals surface area contributed by atoms with Gasteiger partial charge in [-0.1, -0.05) is 72.8 Å². The van der Waals surface area contributed by atoms with Crippen LogP contribution >= 0.6 is 0 Å². The van der Waals surface area contributed by atoms with Crippen molar-refractivity contribution in [2.75, 3.05) is 0 Å². The second-order valence-corrected chi connectivity index (χ2v) is 7.94. The molecule has 2 nitrogen and oxygen atoms in total. The van der Waals surface area contributed by atoms with Gasteiger partial charge in [-0.2, -0.15) is 0 Å². The Labute approximate surface area is 170 Å². The number of ether oxygens (including phenoxy) is 1. The van der Waals surface area contributed by atoms with Gasteiger partial charge in [0.2, 0.25) is 0 Å². The van der Waals surface area contributed by atoms with Gasteiger partial charge < -0.3 is 9.84 Å². The summed E-state index contributed by atoms with van der Waals surface area (Å²) < 4.78 is 6.56. The fourth-order valence-electron chi connectivity index (χ4n) is 4.36. The number of hydrogen-bond acceptors (Lipinski definition) is 2. The highest BCUT2D eigenvalue weighted by Crippen LogP contribution is 2.50. The van der Waals surface area contributed by atoms with E-state index in [-0.39, 0.29) is 5.75 Å². The zero-order chi connectivity index (χ0) is 20.0. The van der Waals surface area contributed by atoms with Crippen molar-refractivity contribution in [2.24, 2.45) is 0 Å². The van der Waals surface area contributed by atoms with Crippen LogP contribution in [0.5, 0.6) is 11.5 Å². The first-order valence-electron chi connectivity index (χ1n) is 9.85. The normalized spacial score (nSPS) is 15.1. The average Bonchev–Trinajstić information content (AvgIpc) is 2.73. The van der Waals surface area contributed by atoms with E-state index in [2.05, 4.69) is 74.5 Å². The summed E-state index contributed by atoms with van der Waals surface area (Å²) in [5.41, 5.74) is 5.10. The minimum absolute atomic E-state index is 0.264. The van der Waals surface area contributed by atoms with Crippen molar-refractivity contribution in [3.63, 3.8) is 0 Å². The summed E-state index contributed by atoms with van der Waals surface area (Å²) in [6.45, 7) is 4.24. The van der Waals surface area contributed by atoms with Gasteiger partial charge in [0, 0.05) is 16.7 Å². The number of rotatable bonds is 2. The number of hydrogen-bond donors (Lipinski definition) is 1. The Morgan fingerprint density at radius 2 is 1.38 bits per heavy atom. The Morgan fingerprint density at radius 1 is 0.690 bits per heavy atom. The summed E-state index contributed by atoms with van der Waals surface area (Å²) in [4.78, 5) is 0. The molecule has 0 aliphatic carbocycles. The second kappa shape index (κ2) is 6.52. The molecule has 4 aromatic carbocycles. The zero-order valence-electron chi connectivity index (χ0n) is 16.5. The first-order chi connectivity index (χ1) is 14.0. The molecule has 0 fully saturated rings. The van der Waals surface area contributed by atoms with Crippen molar-refractivity contribution in [2.45, 2.75) is 19.4 Å². The maximum absolute atomic E-state index is 9.87. The van der Waals surface area contributed by atoms with E-state index in [1.807, 2.05) is 18.2 Å². The van der Waals surface area contributed by atoms with Gasteiger partial charge in [-0.05, 0) is 53.9 Å². The van der Waals surface area contributed by atoms with E-state index in [0.29, 0.717) is 0 Å². The number of benzene rings is 4. The minimum atomic E-state index is -0.510. The van der Waals surface area contributed by atoms with Gasteiger partial charge in [0.05, 0.1) is 0 Å². The third-order valence-electron chi connectivity index (χ3n) is 5.58. The van der Waals surface area contributed by atoms with Crippen molar-refractivity contribution in [3.05, 3.63) is 108 Å². The van der Waals surface area contributed by atoms with Crippen LogP contribution < -0.4 is 4.74 Å². The molecule has 0 aromatic heterocycles. The summed E-state index contributed by atoms with van der Waals surface area (Å²) in [6.07, 6.45) is 0. The van der Waals surface area contributed by atoms with E-state index in [4.69, 9.17) is 4.74 Å². The van der Waals surface area contributed by atoms with Crippen LogP contribution in [0.3, 0.4) is 0 Å². The summed E-state index contributed by atoms with van der Waals surface area (Å²) in [6, 6.07) is 30.5. The van der Waals surface area contributed by atoms with Crippen LogP contribution in [0.4, 0.5) is 0 Å². The largest absolute Gasteiger partial charge is 0.508 e. The summed E-state index contributed by atoms with van der Waals surface area (Å²) >= 11 is 0. The fraction of sp³-hybridized carbons (Fsp3) is 0.111. The first kappa shape index (κ1) is 17.6. The highest BCUT2D eigenvalue weighted by molar-refractivity contribution is 6.10. The molecule has 0 amide bonds. The van der Waals surface area contributed by atoms with Gasteiger partial charge >= 0.3 is 0 Å². The summed E-state index contributed by atoms with van der Waals surface area (Å²) in [7, 11) is 0. The molecule has 0 spiro atoms. The van der Waals surface area contributed by atoms with E-state index in [1.165, 1.54) is 5.39 Å². The van der Waals surface area contributed by atoms with Crippen LogP contribution in [0.25, 0.3) is 21.9 Å². The van der Waals surface area contributed by atoms with E-state index in [1.54, 1.807) is 12.1 Å². The molecule has 29 heavy (non-hydrogen) atoms. The van der Waals surface area contributed by atoms with Crippen LogP contribution in [0, 0.1) is 0 Å². The van der Waals surface area contributed by atoms with Crippen LogP contribution in [-0.2, 0) is 0 Å². The molecule has 142 valence electrons. The van der Waals surface area contributed by atoms with Crippen LogP contribution in [0.15, 0.2) is 91.0 Å². The van der Waals surface area contributed by atoms with E-state index >= 15 is 0 Å². The van der Waals surface area contributed by atoms with Gasteiger partial charge in [0.15, 0.2) is 0 Å².